The van der Waals surface area contributed by atoms with E-state index in [4.69, 9.17) is 9.47 Å². The predicted molar refractivity (Wildman–Crippen MR) is 128 cm³/mol. The number of anilines is 1. The third-order valence-electron chi connectivity index (χ3n) is 5.73. The van der Waals surface area contributed by atoms with Crippen LogP contribution in [0.2, 0.25) is 0 Å². The Hall–Kier alpha value is -3.39. The summed E-state index contributed by atoms with van der Waals surface area (Å²) in [5, 5.41) is 6.45. The molecule has 0 bridgehead atoms. The summed E-state index contributed by atoms with van der Waals surface area (Å²) in [4.78, 5) is 31.2. The molecule has 2 aromatic carbocycles. The molecule has 1 aliphatic carbocycles. The lowest BCUT2D eigenvalue weighted by Gasteiger charge is -2.20. The molecule has 3 aromatic rings. The van der Waals surface area contributed by atoms with Gasteiger partial charge in [-0.05, 0) is 61.6 Å². The first kappa shape index (κ1) is 22.8. The van der Waals surface area contributed by atoms with Gasteiger partial charge in [0, 0.05) is 17.0 Å². The Morgan fingerprint density at radius 1 is 1.09 bits per heavy atom. The summed E-state index contributed by atoms with van der Waals surface area (Å²) in [6.45, 7) is 0.524. The minimum Gasteiger partial charge on any atom is -0.497 e. The third-order valence-corrected chi connectivity index (χ3v) is 6.78. The number of amides is 2. The van der Waals surface area contributed by atoms with Crippen molar-refractivity contribution in [1.82, 2.24) is 10.3 Å². The van der Waals surface area contributed by atoms with E-state index >= 15 is 0 Å². The number of fused-ring (bicyclic) bond motifs is 1. The van der Waals surface area contributed by atoms with Gasteiger partial charge in [-0.2, -0.15) is 0 Å². The molecule has 1 heterocycles. The van der Waals surface area contributed by atoms with Crippen LogP contribution in [0.4, 0.5) is 5.13 Å². The average Bonchev–Trinajstić information content (AvgIpc) is 3.26. The van der Waals surface area contributed by atoms with Crippen molar-refractivity contribution in [3.63, 3.8) is 0 Å². The van der Waals surface area contributed by atoms with Crippen molar-refractivity contribution in [3.05, 3.63) is 70.2 Å². The number of rotatable bonds is 8. The second-order valence-corrected chi connectivity index (χ2v) is 8.89. The molecule has 33 heavy (non-hydrogen) atoms. The highest BCUT2D eigenvalue weighted by molar-refractivity contribution is 7.16. The van der Waals surface area contributed by atoms with Gasteiger partial charge in [0.15, 0.2) is 5.13 Å². The molecular weight excluding hydrogens is 438 g/mol. The molecule has 0 spiro atoms. The fraction of sp³-hybridized carbons (Fsp3) is 0.320. The maximum atomic E-state index is 12.9. The highest BCUT2D eigenvalue weighted by Crippen LogP contribution is 2.37. The topological polar surface area (TPSA) is 89.5 Å². The number of aryl methyl sites for hydroxylation is 1. The molecule has 0 radical (unpaired) electrons. The summed E-state index contributed by atoms with van der Waals surface area (Å²) in [5.74, 6) is 0.958. The zero-order valence-electron chi connectivity index (χ0n) is 18.7. The van der Waals surface area contributed by atoms with Gasteiger partial charge in [0.1, 0.15) is 11.5 Å². The van der Waals surface area contributed by atoms with Crippen LogP contribution in [0.3, 0.4) is 0 Å². The predicted octanol–water partition coefficient (Wildman–Crippen LogP) is 4.19. The Morgan fingerprint density at radius 2 is 1.88 bits per heavy atom. The summed E-state index contributed by atoms with van der Waals surface area (Å²) in [5.41, 5.74) is 2.36. The molecule has 1 aliphatic rings. The van der Waals surface area contributed by atoms with Crippen LogP contribution in [0, 0.1) is 0 Å². The number of aromatic nitrogens is 1. The maximum absolute atomic E-state index is 12.9. The van der Waals surface area contributed by atoms with Crippen LogP contribution in [0.25, 0.3) is 0 Å². The number of carbonyl (C=O) groups excluding carboxylic acids is 2. The quantitative estimate of drug-likeness (QED) is 0.521. The number of methoxy groups -OCH3 is 2. The molecule has 1 unspecified atom stereocenters. The minimum atomic E-state index is -0.297. The van der Waals surface area contributed by atoms with Gasteiger partial charge in [-0.3, -0.25) is 14.9 Å². The highest BCUT2D eigenvalue weighted by Gasteiger charge is 2.30. The van der Waals surface area contributed by atoms with Crippen LogP contribution in [0.1, 0.15) is 45.3 Å². The van der Waals surface area contributed by atoms with Crippen LogP contribution in [-0.4, -0.2) is 37.6 Å². The smallest absolute Gasteiger partial charge is 0.257 e. The van der Waals surface area contributed by atoms with Crippen LogP contribution < -0.4 is 20.1 Å². The fourth-order valence-electron chi connectivity index (χ4n) is 3.99. The monoisotopic (exact) mass is 465 g/mol. The first-order valence-electron chi connectivity index (χ1n) is 10.9. The van der Waals surface area contributed by atoms with Crippen LogP contribution in [0.15, 0.2) is 48.5 Å². The SMILES string of the molecule is COc1ccc(C(=O)Nc2nc3c(s2)CCCC3C(=O)NCCc2ccccc2OC)cc1. The number of carbonyl (C=O) groups is 2. The van der Waals surface area contributed by atoms with Crippen molar-refractivity contribution in [3.8, 4) is 11.5 Å². The molecule has 0 aliphatic heterocycles. The Bertz CT molecular complexity index is 1130. The van der Waals surface area contributed by atoms with Gasteiger partial charge < -0.3 is 14.8 Å². The van der Waals surface area contributed by atoms with Gasteiger partial charge in [-0.1, -0.05) is 18.2 Å². The van der Waals surface area contributed by atoms with Crippen molar-refractivity contribution in [2.24, 2.45) is 0 Å². The van der Waals surface area contributed by atoms with Crippen LogP contribution in [-0.2, 0) is 17.6 Å². The van der Waals surface area contributed by atoms with Gasteiger partial charge in [0.2, 0.25) is 5.91 Å². The zero-order chi connectivity index (χ0) is 23.2. The van der Waals surface area contributed by atoms with Gasteiger partial charge in [0.05, 0.1) is 25.8 Å². The molecule has 8 heteroatoms. The molecule has 1 aromatic heterocycles. The van der Waals surface area contributed by atoms with Gasteiger partial charge >= 0.3 is 0 Å². The molecule has 2 amide bonds. The molecule has 0 fully saturated rings. The lowest BCUT2D eigenvalue weighted by atomic mass is 9.90. The van der Waals surface area contributed by atoms with E-state index in [1.807, 2.05) is 24.3 Å². The Morgan fingerprint density at radius 3 is 2.64 bits per heavy atom. The molecule has 172 valence electrons. The van der Waals surface area contributed by atoms with E-state index in [0.29, 0.717) is 29.4 Å². The van der Waals surface area contributed by atoms with E-state index in [9.17, 15) is 9.59 Å². The number of benzene rings is 2. The number of nitrogens with one attached hydrogen (secondary N) is 2. The summed E-state index contributed by atoms with van der Waals surface area (Å²) in [7, 11) is 3.23. The van der Waals surface area contributed by atoms with Gasteiger partial charge in [0.25, 0.3) is 5.91 Å². The third kappa shape index (κ3) is 5.34. The highest BCUT2D eigenvalue weighted by atomic mass is 32.1. The van der Waals surface area contributed by atoms with Crippen molar-refractivity contribution in [1.29, 1.82) is 0 Å². The largest absolute Gasteiger partial charge is 0.497 e. The Kier molecular flexibility index (Phi) is 7.24. The second-order valence-electron chi connectivity index (χ2n) is 7.81. The Labute approximate surface area is 197 Å². The molecule has 0 saturated heterocycles. The maximum Gasteiger partial charge on any atom is 0.257 e. The van der Waals surface area contributed by atoms with E-state index in [1.165, 1.54) is 11.3 Å². The average molecular weight is 466 g/mol. The van der Waals surface area contributed by atoms with Gasteiger partial charge in [-0.25, -0.2) is 4.98 Å². The minimum absolute atomic E-state index is 0.0239. The standard InChI is InChI=1S/C25H27N3O4S/c1-31-18-12-10-17(11-13-18)23(29)28-25-27-22-19(7-5-9-21(22)33-25)24(30)26-15-14-16-6-3-4-8-20(16)32-2/h3-4,6,8,10-13,19H,5,7,9,14-15H2,1-2H3,(H,26,30)(H,27,28,29). The summed E-state index contributed by atoms with van der Waals surface area (Å²) >= 11 is 1.45. The van der Waals surface area contributed by atoms with Crippen molar-refractivity contribution >= 4 is 28.3 Å². The van der Waals surface area contributed by atoms with Crippen LogP contribution in [0.5, 0.6) is 11.5 Å². The van der Waals surface area contributed by atoms with Crippen molar-refractivity contribution in [2.75, 3.05) is 26.1 Å². The van der Waals surface area contributed by atoms with E-state index in [1.54, 1.807) is 38.5 Å². The van der Waals surface area contributed by atoms with E-state index in [2.05, 4.69) is 15.6 Å². The zero-order valence-corrected chi connectivity index (χ0v) is 19.5. The van der Waals surface area contributed by atoms with E-state index in [-0.39, 0.29) is 17.7 Å². The van der Waals surface area contributed by atoms with Crippen molar-refractivity contribution < 1.29 is 19.1 Å². The Balaban J connectivity index is 1.39. The fourth-order valence-corrected chi connectivity index (χ4v) is 5.05. The van der Waals surface area contributed by atoms with E-state index < -0.39 is 0 Å². The molecule has 1 atom stereocenters. The first-order valence-corrected chi connectivity index (χ1v) is 11.7. The van der Waals surface area contributed by atoms with Gasteiger partial charge in [-0.15, -0.1) is 11.3 Å². The lowest BCUT2D eigenvalue weighted by molar-refractivity contribution is -0.122. The normalized spacial score (nSPS) is 14.8. The lowest BCUT2D eigenvalue weighted by Crippen LogP contribution is -2.32. The summed E-state index contributed by atoms with van der Waals surface area (Å²) < 4.78 is 10.5. The summed E-state index contributed by atoms with van der Waals surface area (Å²) in [6.07, 6.45) is 3.24. The molecule has 7 nitrogen and oxygen atoms in total. The summed E-state index contributed by atoms with van der Waals surface area (Å²) in [6, 6.07) is 14.7. The van der Waals surface area contributed by atoms with Crippen molar-refractivity contribution in [2.45, 2.75) is 31.6 Å². The molecule has 2 N–H and O–H groups in total. The molecular formula is C25H27N3O4S. The van der Waals surface area contributed by atoms with E-state index in [0.717, 1.165) is 41.1 Å². The molecule has 0 saturated carbocycles. The second kappa shape index (κ2) is 10.5. The number of hydrogen-bond acceptors (Lipinski definition) is 6. The molecule has 4 rings (SSSR count). The number of ether oxygens (including phenoxy) is 2. The number of thiazole rings is 1. The van der Waals surface area contributed by atoms with Crippen LogP contribution >= 0.6 is 11.3 Å². The number of hydrogen-bond donors (Lipinski definition) is 2. The number of para-hydroxylation sites is 1. The number of nitrogens with zero attached hydrogens (tertiary/aromatic N) is 1. The first-order chi connectivity index (χ1) is 16.1.